The Morgan fingerprint density at radius 3 is 2.62 bits per heavy atom. The maximum atomic E-state index is 5.44. The number of rotatable bonds is 4. The van der Waals surface area contributed by atoms with Crippen molar-refractivity contribution in [2.24, 2.45) is 0 Å². The smallest absolute Gasteiger partial charge is 0.170 e. The van der Waals surface area contributed by atoms with E-state index in [4.69, 9.17) is 4.52 Å². The Bertz CT molecular complexity index is 448. The number of hydrogen-bond acceptors (Lipinski definition) is 3. The van der Waals surface area contributed by atoms with Crippen LogP contribution in [0.3, 0.4) is 0 Å². The molecule has 1 heterocycles. The predicted molar refractivity (Wildman–Crippen MR) is 64.1 cm³/mol. The zero-order valence-corrected chi connectivity index (χ0v) is 9.66. The Morgan fingerprint density at radius 1 is 1.25 bits per heavy atom. The molecule has 0 unspecified atom stereocenters. The molecule has 1 aromatic carbocycles. The van der Waals surface area contributed by atoms with Crippen LogP contribution in [0.25, 0.3) is 11.3 Å². The summed E-state index contributed by atoms with van der Waals surface area (Å²) in [5, 5.41) is 7.22. The van der Waals surface area contributed by atoms with Crippen molar-refractivity contribution in [3.8, 4) is 11.3 Å². The maximum absolute atomic E-state index is 5.44. The van der Waals surface area contributed by atoms with Crippen LogP contribution in [0.5, 0.6) is 0 Å². The number of aromatic nitrogens is 1. The summed E-state index contributed by atoms with van der Waals surface area (Å²) in [6.07, 6.45) is 0.935. The van der Waals surface area contributed by atoms with E-state index in [1.54, 1.807) is 0 Å². The van der Waals surface area contributed by atoms with Gasteiger partial charge in [0.05, 0.1) is 0 Å². The van der Waals surface area contributed by atoms with E-state index in [9.17, 15) is 0 Å². The Morgan fingerprint density at radius 2 is 2.00 bits per heavy atom. The van der Waals surface area contributed by atoms with Gasteiger partial charge in [0.25, 0.3) is 0 Å². The van der Waals surface area contributed by atoms with Crippen molar-refractivity contribution in [3.63, 3.8) is 0 Å². The minimum atomic E-state index is 0.750. The van der Waals surface area contributed by atoms with Gasteiger partial charge >= 0.3 is 0 Å². The second-order valence-corrected chi connectivity index (χ2v) is 3.69. The third-order valence-corrected chi connectivity index (χ3v) is 2.60. The summed E-state index contributed by atoms with van der Waals surface area (Å²) in [6, 6.07) is 10.1. The molecular formula is C13H16N2O. The third kappa shape index (κ3) is 1.99. The zero-order chi connectivity index (χ0) is 11.4. The molecule has 2 aromatic rings. The van der Waals surface area contributed by atoms with Crippen molar-refractivity contribution < 1.29 is 4.52 Å². The van der Waals surface area contributed by atoms with Gasteiger partial charge in [0, 0.05) is 17.7 Å². The summed E-state index contributed by atoms with van der Waals surface area (Å²) in [5.74, 6) is 0.897. The van der Waals surface area contributed by atoms with Gasteiger partial charge in [-0.1, -0.05) is 42.4 Å². The predicted octanol–water partition coefficient (Wildman–Crippen LogP) is 2.62. The average Bonchev–Trinajstić information content (AvgIpc) is 2.73. The first-order chi connectivity index (χ1) is 7.86. The van der Waals surface area contributed by atoms with Gasteiger partial charge in [-0.05, 0) is 13.5 Å². The summed E-state index contributed by atoms with van der Waals surface area (Å²) in [7, 11) is 1.91. The second kappa shape index (κ2) is 4.94. The van der Waals surface area contributed by atoms with Gasteiger partial charge in [-0.15, -0.1) is 0 Å². The van der Waals surface area contributed by atoms with E-state index in [-0.39, 0.29) is 0 Å². The molecule has 0 aliphatic carbocycles. The van der Waals surface area contributed by atoms with Crippen LogP contribution in [-0.2, 0) is 13.0 Å². The Kier molecular flexibility index (Phi) is 3.37. The van der Waals surface area contributed by atoms with E-state index >= 15 is 0 Å². The molecule has 3 nitrogen and oxygen atoms in total. The maximum Gasteiger partial charge on any atom is 0.170 e. The first kappa shape index (κ1) is 10.9. The normalized spacial score (nSPS) is 10.6. The quantitative estimate of drug-likeness (QED) is 0.853. The molecule has 16 heavy (non-hydrogen) atoms. The lowest BCUT2D eigenvalue weighted by Crippen LogP contribution is -2.07. The lowest BCUT2D eigenvalue weighted by molar-refractivity contribution is 0.421. The van der Waals surface area contributed by atoms with Crippen molar-refractivity contribution in [1.29, 1.82) is 0 Å². The minimum absolute atomic E-state index is 0.750. The monoisotopic (exact) mass is 216 g/mol. The lowest BCUT2D eigenvalue weighted by Gasteiger charge is -2.00. The molecule has 1 N–H and O–H groups in total. The highest BCUT2D eigenvalue weighted by molar-refractivity contribution is 5.61. The van der Waals surface area contributed by atoms with Crippen LogP contribution >= 0.6 is 0 Å². The molecular weight excluding hydrogens is 200 g/mol. The largest absolute Gasteiger partial charge is 0.356 e. The summed E-state index contributed by atoms with van der Waals surface area (Å²) in [4.78, 5) is 0. The van der Waals surface area contributed by atoms with Crippen molar-refractivity contribution in [2.75, 3.05) is 7.05 Å². The van der Waals surface area contributed by atoms with Crippen LogP contribution in [0.2, 0.25) is 0 Å². The first-order valence-corrected chi connectivity index (χ1v) is 5.54. The second-order valence-electron chi connectivity index (χ2n) is 3.69. The van der Waals surface area contributed by atoms with Crippen LogP contribution < -0.4 is 5.32 Å². The third-order valence-electron chi connectivity index (χ3n) is 2.60. The number of hydrogen-bond donors (Lipinski definition) is 1. The molecule has 0 saturated carbocycles. The fourth-order valence-corrected chi connectivity index (χ4v) is 1.83. The summed E-state index contributed by atoms with van der Waals surface area (Å²) < 4.78 is 5.44. The molecule has 3 heteroatoms. The van der Waals surface area contributed by atoms with E-state index in [0.29, 0.717) is 0 Å². The Labute approximate surface area is 95.5 Å². The van der Waals surface area contributed by atoms with Crippen LogP contribution in [0.4, 0.5) is 0 Å². The van der Waals surface area contributed by atoms with Crippen LogP contribution in [-0.4, -0.2) is 12.2 Å². The average molecular weight is 216 g/mol. The van der Waals surface area contributed by atoms with E-state index in [2.05, 4.69) is 17.4 Å². The van der Waals surface area contributed by atoms with Crippen molar-refractivity contribution >= 4 is 0 Å². The summed E-state index contributed by atoms with van der Waals surface area (Å²) >= 11 is 0. The molecule has 0 atom stereocenters. The number of nitrogens with zero attached hydrogens (tertiary/aromatic N) is 1. The topological polar surface area (TPSA) is 38.1 Å². The fraction of sp³-hybridized carbons (Fsp3) is 0.308. The Balaban J connectivity index is 2.42. The van der Waals surface area contributed by atoms with Gasteiger partial charge in [0.2, 0.25) is 0 Å². The lowest BCUT2D eigenvalue weighted by atomic mass is 10.0. The summed E-state index contributed by atoms with van der Waals surface area (Å²) in [6.45, 7) is 2.87. The van der Waals surface area contributed by atoms with E-state index in [1.807, 2.05) is 37.4 Å². The molecule has 0 spiro atoms. The molecule has 84 valence electrons. The molecule has 0 aliphatic heterocycles. The highest BCUT2D eigenvalue weighted by Crippen LogP contribution is 2.26. The first-order valence-electron chi connectivity index (χ1n) is 5.54. The van der Waals surface area contributed by atoms with Gasteiger partial charge in [0.1, 0.15) is 5.69 Å². The van der Waals surface area contributed by atoms with E-state index in [0.717, 1.165) is 30.0 Å². The van der Waals surface area contributed by atoms with Gasteiger partial charge in [-0.3, -0.25) is 0 Å². The van der Waals surface area contributed by atoms with Crippen LogP contribution in [0.1, 0.15) is 18.2 Å². The van der Waals surface area contributed by atoms with Gasteiger partial charge in [-0.2, -0.15) is 0 Å². The minimum Gasteiger partial charge on any atom is -0.356 e. The van der Waals surface area contributed by atoms with Crippen LogP contribution in [0.15, 0.2) is 34.9 Å². The van der Waals surface area contributed by atoms with Crippen molar-refractivity contribution in [1.82, 2.24) is 10.5 Å². The molecule has 0 amide bonds. The Hall–Kier alpha value is -1.61. The van der Waals surface area contributed by atoms with E-state index in [1.165, 1.54) is 5.56 Å². The zero-order valence-electron chi connectivity index (χ0n) is 9.66. The van der Waals surface area contributed by atoms with Gasteiger partial charge < -0.3 is 9.84 Å². The van der Waals surface area contributed by atoms with Crippen LogP contribution in [0, 0.1) is 0 Å². The molecule has 0 saturated heterocycles. The van der Waals surface area contributed by atoms with E-state index < -0.39 is 0 Å². The SMILES string of the molecule is CCc1c(CNC)noc1-c1ccccc1. The fourth-order valence-electron chi connectivity index (χ4n) is 1.83. The molecule has 0 fully saturated rings. The number of nitrogens with one attached hydrogen (secondary N) is 1. The molecule has 0 aliphatic rings. The van der Waals surface area contributed by atoms with Gasteiger partial charge in [-0.25, -0.2) is 0 Å². The van der Waals surface area contributed by atoms with Crippen molar-refractivity contribution in [3.05, 3.63) is 41.6 Å². The highest BCUT2D eigenvalue weighted by atomic mass is 16.5. The van der Waals surface area contributed by atoms with Crippen molar-refractivity contribution in [2.45, 2.75) is 19.9 Å². The van der Waals surface area contributed by atoms with Gasteiger partial charge in [0.15, 0.2) is 5.76 Å². The molecule has 1 aromatic heterocycles. The molecule has 2 rings (SSSR count). The number of benzene rings is 1. The molecule has 0 bridgehead atoms. The highest BCUT2D eigenvalue weighted by Gasteiger charge is 2.14. The summed E-state index contributed by atoms with van der Waals surface area (Å²) in [5.41, 5.74) is 3.29. The standard InChI is InChI=1S/C13H16N2O/c1-3-11-12(9-14-2)15-16-13(11)10-7-5-4-6-8-10/h4-8,14H,3,9H2,1-2H3. The molecule has 0 radical (unpaired) electrons.